The highest BCUT2D eigenvalue weighted by atomic mass is 79.9. The van der Waals surface area contributed by atoms with Crippen LogP contribution in [0, 0.1) is 25.5 Å². The van der Waals surface area contributed by atoms with Crippen LogP contribution in [0.3, 0.4) is 0 Å². The zero-order valence-electron chi connectivity index (χ0n) is 10.8. The normalized spacial score (nSPS) is 10.4. The van der Waals surface area contributed by atoms with E-state index >= 15 is 0 Å². The summed E-state index contributed by atoms with van der Waals surface area (Å²) in [6.45, 7) is 3.26. The third-order valence-corrected chi connectivity index (χ3v) is 3.61. The summed E-state index contributed by atoms with van der Waals surface area (Å²) in [7, 11) is 0. The van der Waals surface area contributed by atoms with Gasteiger partial charge < -0.3 is 5.32 Å². The van der Waals surface area contributed by atoms with Gasteiger partial charge in [0.05, 0.1) is 11.9 Å². The SMILES string of the molecule is Cc1cc(NC(=O)c2c(F)ccc(C)c2F)cnc1Br. The van der Waals surface area contributed by atoms with Crippen molar-refractivity contribution in [2.75, 3.05) is 5.32 Å². The van der Waals surface area contributed by atoms with Crippen molar-refractivity contribution in [1.82, 2.24) is 4.98 Å². The Kier molecular flexibility index (Phi) is 4.13. The summed E-state index contributed by atoms with van der Waals surface area (Å²) in [5.41, 5.74) is 0.788. The molecule has 0 saturated carbocycles. The molecule has 2 aromatic rings. The van der Waals surface area contributed by atoms with Gasteiger partial charge in [-0.1, -0.05) is 6.07 Å². The first-order valence-corrected chi connectivity index (χ1v) is 6.57. The molecule has 1 aromatic heterocycles. The highest BCUT2D eigenvalue weighted by molar-refractivity contribution is 9.10. The number of pyridine rings is 1. The molecule has 2 rings (SSSR count). The molecule has 0 bridgehead atoms. The summed E-state index contributed by atoms with van der Waals surface area (Å²) >= 11 is 3.23. The Balaban J connectivity index is 2.33. The summed E-state index contributed by atoms with van der Waals surface area (Å²) in [5.74, 6) is -2.59. The number of benzene rings is 1. The van der Waals surface area contributed by atoms with Crippen LogP contribution in [-0.2, 0) is 0 Å². The number of anilines is 1. The smallest absolute Gasteiger partial charge is 0.261 e. The maximum absolute atomic E-state index is 13.8. The van der Waals surface area contributed by atoms with E-state index in [9.17, 15) is 13.6 Å². The fourth-order valence-electron chi connectivity index (χ4n) is 1.68. The fraction of sp³-hybridized carbons (Fsp3) is 0.143. The lowest BCUT2D eigenvalue weighted by atomic mass is 10.1. The molecule has 0 aliphatic rings. The van der Waals surface area contributed by atoms with Gasteiger partial charge in [0, 0.05) is 0 Å². The number of aromatic nitrogens is 1. The second-order valence-corrected chi connectivity index (χ2v) is 5.09. The van der Waals surface area contributed by atoms with Crippen LogP contribution in [0.4, 0.5) is 14.5 Å². The number of nitrogens with one attached hydrogen (secondary N) is 1. The van der Waals surface area contributed by atoms with Gasteiger partial charge in [-0.25, -0.2) is 13.8 Å². The Morgan fingerprint density at radius 2 is 1.95 bits per heavy atom. The summed E-state index contributed by atoms with van der Waals surface area (Å²) in [6.07, 6.45) is 1.40. The van der Waals surface area contributed by atoms with Gasteiger partial charge in [-0.15, -0.1) is 0 Å². The third-order valence-electron chi connectivity index (χ3n) is 2.78. The van der Waals surface area contributed by atoms with Crippen LogP contribution in [0.2, 0.25) is 0 Å². The Bertz CT molecular complexity index is 689. The van der Waals surface area contributed by atoms with Crippen LogP contribution < -0.4 is 5.32 Å². The van der Waals surface area contributed by atoms with Gasteiger partial charge in [0.1, 0.15) is 21.8 Å². The van der Waals surface area contributed by atoms with Crippen LogP contribution in [-0.4, -0.2) is 10.9 Å². The maximum atomic E-state index is 13.8. The third kappa shape index (κ3) is 2.85. The molecule has 0 saturated heterocycles. The predicted octanol–water partition coefficient (Wildman–Crippen LogP) is 3.99. The molecule has 0 aliphatic heterocycles. The predicted molar refractivity (Wildman–Crippen MR) is 75.7 cm³/mol. The van der Waals surface area contributed by atoms with Gasteiger partial charge in [0.15, 0.2) is 0 Å². The first-order valence-electron chi connectivity index (χ1n) is 5.78. The monoisotopic (exact) mass is 340 g/mol. The number of hydrogen-bond acceptors (Lipinski definition) is 2. The summed E-state index contributed by atoms with van der Waals surface area (Å²) in [5, 5.41) is 2.43. The van der Waals surface area contributed by atoms with Crippen LogP contribution >= 0.6 is 15.9 Å². The molecular weight excluding hydrogens is 330 g/mol. The quantitative estimate of drug-likeness (QED) is 0.840. The highest BCUT2D eigenvalue weighted by Gasteiger charge is 2.19. The number of nitrogens with zero attached hydrogens (tertiary/aromatic N) is 1. The van der Waals surface area contributed by atoms with E-state index in [-0.39, 0.29) is 5.56 Å². The largest absolute Gasteiger partial charge is 0.320 e. The molecule has 0 aliphatic carbocycles. The van der Waals surface area contributed by atoms with Crippen molar-refractivity contribution in [2.45, 2.75) is 13.8 Å². The molecule has 0 radical (unpaired) electrons. The molecule has 1 amide bonds. The molecule has 3 nitrogen and oxygen atoms in total. The lowest BCUT2D eigenvalue weighted by Crippen LogP contribution is -2.16. The van der Waals surface area contributed by atoms with Crippen LogP contribution in [0.5, 0.6) is 0 Å². The molecule has 1 N–H and O–H groups in total. The minimum atomic E-state index is -0.896. The molecule has 0 fully saturated rings. The van der Waals surface area contributed by atoms with E-state index in [4.69, 9.17) is 0 Å². The minimum Gasteiger partial charge on any atom is -0.320 e. The Morgan fingerprint density at radius 1 is 1.25 bits per heavy atom. The van der Waals surface area contributed by atoms with E-state index in [2.05, 4.69) is 26.2 Å². The topological polar surface area (TPSA) is 42.0 Å². The van der Waals surface area contributed by atoms with Gasteiger partial charge in [0.25, 0.3) is 5.91 Å². The van der Waals surface area contributed by atoms with Crippen LogP contribution in [0.1, 0.15) is 21.5 Å². The number of amides is 1. The minimum absolute atomic E-state index is 0.210. The summed E-state index contributed by atoms with van der Waals surface area (Å²) < 4.78 is 28.1. The fourth-order valence-corrected chi connectivity index (χ4v) is 1.90. The van der Waals surface area contributed by atoms with Crippen molar-refractivity contribution in [3.63, 3.8) is 0 Å². The van der Waals surface area contributed by atoms with Crippen molar-refractivity contribution in [3.8, 4) is 0 Å². The van der Waals surface area contributed by atoms with Crippen molar-refractivity contribution >= 4 is 27.5 Å². The average Bonchev–Trinajstić information content (AvgIpc) is 2.39. The number of rotatable bonds is 2. The Labute approximate surface area is 123 Å². The van der Waals surface area contributed by atoms with Crippen molar-refractivity contribution in [2.24, 2.45) is 0 Å². The van der Waals surface area contributed by atoms with Crippen molar-refractivity contribution < 1.29 is 13.6 Å². The zero-order valence-corrected chi connectivity index (χ0v) is 12.4. The number of carbonyl (C=O) groups is 1. The van der Waals surface area contributed by atoms with Gasteiger partial charge in [-0.3, -0.25) is 4.79 Å². The highest BCUT2D eigenvalue weighted by Crippen LogP contribution is 2.20. The van der Waals surface area contributed by atoms with Crippen LogP contribution in [0.25, 0.3) is 0 Å². The van der Waals surface area contributed by atoms with Crippen molar-refractivity contribution in [3.05, 3.63) is 57.3 Å². The molecule has 20 heavy (non-hydrogen) atoms. The lowest BCUT2D eigenvalue weighted by Gasteiger charge is -2.09. The molecule has 0 atom stereocenters. The number of halogens is 3. The van der Waals surface area contributed by atoms with Gasteiger partial charge in [-0.05, 0) is 53.0 Å². The van der Waals surface area contributed by atoms with Crippen molar-refractivity contribution in [1.29, 1.82) is 0 Å². The second-order valence-electron chi connectivity index (χ2n) is 4.34. The number of carbonyl (C=O) groups excluding carboxylic acids is 1. The average molecular weight is 341 g/mol. The molecule has 0 spiro atoms. The molecule has 1 heterocycles. The van der Waals surface area contributed by atoms with E-state index in [0.717, 1.165) is 11.6 Å². The van der Waals surface area contributed by atoms with Gasteiger partial charge in [-0.2, -0.15) is 0 Å². The summed E-state index contributed by atoms with van der Waals surface area (Å²) in [4.78, 5) is 16.0. The maximum Gasteiger partial charge on any atom is 0.261 e. The molecule has 6 heteroatoms. The van der Waals surface area contributed by atoms with E-state index in [0.29, 0.717) is 10.3 Å². The van der Waals surface area contributed by atoms with E-state index in [1.54, 1.807) is 13.0 Å². The van der Waals surface area contributed by atoms with Gasteiger partial charge in [0.2, 0.25) is 0 Å². The van der Waals surface area contributed by atoms with E-state index in [1.165, 1.54) is 19.2 Å². The summed E-state index contributed by atoms with van der Waals surface area (Å²) in [6, 6.07) is 4.01. The second kappa shape index (κ2) is 5.66. The first kappa shape index (κ1) is 14.6. The zero-order chi connectivity index (χ0) is 14.9. The standard InChI is InChI=1S/C14H11BrF2N2O/c1-7-3-4-10(16)11(12(7)17)14(20)19-9-5-8(2)13(15)18-6-9/h3-6H,1-2H3,(H,19,20). The number of hydrogen-bond donors (Lipinski definition) is 1. The lowest BCUT2D eigenvalue weighted by molar-refractivity contribution is 0.101. The number of aryl methyl sites for hydroxylation is 2. The van der Waals surface area contributed by atoms with E-state index in [1.807, 2.05) is 0 Å². The molecular formula is C14H11BrF2N2O. The van der Waals surface area contributed by atoms with Gasteiger partial charge >= 0.3 is 0 Å². The van der Waals surface area contributed by atoms with Crippen LogP contribution in [0.15, 0.2) is 29.0 Å². The molecule has 104 valence electrons. The Hall–Kier alpha value is -1.82. The van der Waals surface area contributed by atoms with E-state index < -0.39 is 23.1 Å². The molecule has 1 aromatic carbocycles. The first-order chi connectivity index (χ1) is 9.40. The molecule has 0 unspecified atom stereocenters. The Morgan fingerprint density at radius 3 is 2.60 bits per heavy atom.